The maximum Gasteiger partial charge on any atom is 0.0236 e. The molecule has 0 saturated carbocycles. The van der Waals surface area contributed by atoms with Crippen molar-refractivity contribution in [2.75, 3.05) is 40.3 Å². The van der Waals surface area contributed by atoms with Gasteiger partial charge in [0.15, 0.2) is 0 Å². The number of nitrogens with zero attached hydrogens (tertiary/aromatic N) is 2. The summed E-state index contributed by atoms with van der Waals surface area (Å²) in [6.45, 7) is 10.9. The van der Waals surface area contributed by atoms with E-state index in [2.05, 4.69) is 67.3 Å². The summed E-state index contributed by atoms with van der Waals surface area (Å²) in [5.41, 5.74) is 2.89. The van der Waals surface area contributed by atoms with Crippen LogP contribution in [0, 0.1) is 0 Å². The van der Waals surface area contributed by atoms with E-state index in [0.29, 0.717) is 0 Å². The van der Waals surface area contributed by atoms with Crippen LogP contribution in [0.3, 0.4) is 0 Å². The van der Waals surface area contributed by atoms with Crippen molar-refractivity contribution < 1.29 is 0 Å². The highest BCUT2D eigenvalue weighted by atomic mass is 15.1. The van der Waals surface area contributed by atoms with Crippen LogP contribution in [-0.4, -0.2) is 50.1 Å². The third-order valence-corrected chi connectivity index (χ3v) is 3.60. The summed E-state index contributed by atoms with van der Waals surface area (Å²) in [5.74, 6) is 0. The molecule has 1 rings (SSSR count). The van der Waals surface area contributed by atoms with E-state index in [0.717, 1.165) is 32.7 Å². The van der Waals surface area contributed by atoms with Gasteiger partial charge >= 0.3 is 0 Å². The van der Waals surface area contributed by atoms with Gasteiger partial charge in [-0.2, -0.15) is 0 Å². The first-order valence-corrected chi connectivity index (χ1v) is 7.82. The molecule has 0 aliphatic rings. The Morgan fingerprint density at radius 3 is 2.30 bits per heavy atom. The molecule has 0 unspecified atom stereocenters. The average Bonchev–Trinajstić information content (AvgIpc) is 2.44. The van der Waals surface area contributed by atoms with Gasteiger partial charge in [0.25, 0.3) is 0 Å². The van der Waals surface area contributed by atoms with Crippen LogP contribution < -0.4 is 5.32 Å². The molecule has 114 valence electrons. The molecule has 0 fully saturated rings. The smallest absolute Gasteiger partial charge is 0.0236 e. The van der Waals surface area contributed by atoms with Crippen LogP contribution in [0.5, 0.6) is 0 Å². The summed E-state index contributed by atoms with van der Waals surface area (Å²) in [6.07, 6.45) is 1.23. The Hall–Kier alpha value is -0.900. The fourth-order valence-electron chi connectivity index (χ4n) is 2.34. The van der Waals surface area contributed by atoms with Crippen LogP contribution in [0.25, 0.3) is 0 Å². The number of nitrogens with one attached hydrogen (secondary N) is 1. The van der Waals surface area contributed by atoms with Crippen molar-refractivity contribution in [3.63, 3.8) is 0 Å². The molecular weight excluding hydrogens is 246 g/mol. The van der Waals surface area contributed by atoms with Crippen LogP contribution in [0.4, 0.5) is 0 Å². The largest absolute Gasteiger partial charge is 0.313 e. The van der Waals surface area contributed by atoms with Crippen LogP contribution >= 0.6 is 0 Å². The second kappa shape index (κ2) is 9.92. The van der Waals surface area contributed by atoms with Gasteiger partial charge in [0.2, 0.25) is 0 Å². The summed E-state index contributed by atoms with van der Waals surface area (Å²) < 4.78 is 0. The maximum atomic E-state index is 3.43. The molecule has 3 nitrogen and oxygen atoms in total. The minimum atomic E-state index is 0.974. The number of rotatable bonds is 10. The molecule has 0 heterocycles. The number of hydrogen-bond acceptors (Lipinski definition) is 3. The van der Waals surface area contributed by atoms with Gasteiger partial charge < -0.3 is 10.2 Å². The lowest BCUT2D eigenvalue weighted by Gasteiger charge is -2.23. The second-order valence-electron chi connectivity index (χ2n) is 5.57. The molecule has 20 heavy (non-hydrogen) atoms. The minimum Gasteiger partial charge on any atom is -0.313 e. The van der Waals surface area contributed by atoms with Gasteiger partial charge in [0.1, 0.15) is 0 Å². The van der Waals surface area contributed by atoms with Crippen molar-refractivity contribution in [2.24, 2.45) is 0 Å². The van der Waals surface area contributed by atoms with Crippen LogP contribution in [0.2, 0.25) is 0 Å². The van der Waals surface area contributed by atoms with Crippen molar-refractivity contribution in [3.05, 3.63) is 35.4 Å². The third kappa shape index (κ3) is 6.51. The summed E-state index contributed by atoms with van der Waals surface area (Å²) in [4.78, 5) is 4.79. The number of hydrogen-bond donors (Lipinski definition) is 1. The van der Waals surface area contributed by atoms with Gasteiger partial charge in [-0.25, -0.2) is 0 Å². The predicted octanol–water partition coefficient (Wildman–Crippen LogP) is 2.57. The SMILES string of the molecule is CCNCc1ccccc1CN(CC)CCCN(C)C. The molecule has 1 N–H and O–H groups in total. The molecule has 0 bridgehead atoms. The molecule has 1 aromatic rings. The van der Waals surface area contributed by atoms with Gasteiger partial charge in [-0.1, -0.05) is 38.1 Å². The van der Waals surface area contributed by atoms with E-state index in [1.165, 1.54) is 24.1 Å². The van der Waals surface area contributed by atoms with Crippen LogP contribution in [0.15, 0.2) is 24.3 Å². The fourth-order valence-corrected chi connectivity index (χ4v) is 2.34. The van der Waals surface area contributed by atoms with E-state index in [9.17, 15) is 0 Å². The van der Waals surface area contributed by atoms with Crippen LogP contribution in [0.1, 0.15) is 31.4 Å². The Labute approximate surface area is 125 Å². The first kappa shape index (κ1) is 17.2. The maximum absolute atomic E-state index is 3.43. The molecule has 0 aliphatic carbocycles. The zero-order chi connectivity index (χ0) is 14.8. The van der Waals surface area contributed by atoms with E-state index < -0.39 is 0 Å². The predicted molar refractivity (Wildman–Crippen MR) is 87.9 cm³/mol. The second-order valence-corrected chi connectivity index (χ2v) is 5.57. The minimum absolute atomic E-state index is 0.974. The van der Waals surface area contributed by atoms with E-state index in [-0.39, 0.29) is 0 Å². The first-order chi connectivity index (χ1) is 9.67. The van der Waals surface area contributed by atoms with Crippen molar-refractivity contribution in [1.29, 1.82) is 0 Å². The molecule has 0 aromatic heterocycles. The average molecular weight is 277 g/mol. The van der Waals surface area contributed by atoms with Gasteiger partial charge in [-0.3, -0.25) is 4.90 Å². The topological polar surface area (TPSA) is 18.5 Å². The molecule has 0 atom stereocenters. The highest BCUT2D eigenvalue weighted by molar-refractivity contribution is 5.27. The van der Waals surface area contributed by atoms with E-state index in [1.807, 2.05) is 0 Å². The van der Waals surface area contributed by atoms with E-state index in [1.54, 1.807) is 0 Å². The summed E-state index contributed by atoms with van der Waals surface area (Å²) in [5, 5.41) is 3.43. The standard InChI is InChI=1S/C17H31N3/c1-5-18-14-16-10-7-8-11-17(16)15-20(6-2)13-9-12-19(3)4/h7-8,10-11,18H,5-6,9,12-15H2,1-4H3. The Bertz CT molecular complexity index is 363. The molecular formula is C17H31N3. The van der Waals surface area contributed by atoms with Crippen molar-refractivity contribution >= 4 is 0 Å². The zero-order valence-electron chi connectivity index (χ0n) is 13.7. The summed E-state index contributed by atoms with van der Waals surface area (Å²) in [6, 6.07) is 8.80. The lowest BCUT2D eigenvalue weighted by Crippen LogP contribution is -2.27. The van der Waals surface area contributed by atoms with Crippen molar-refractivity contribution in [1.82, 2.24) is 15.1 Å². The monoisotopic (exact) mass is 277 g/mol. The number of benzene rings is 1. The molecule has 3 heteroatoms. The van der Waals surface area contributed by atoms with Crippen molar-refractivity contribution in [3.8, 4) is 0 Å². The van der Waals surface area contributed by atoms with Gasteiger partial charge in [0, 0.05) is 13.1 Å². The quantitative estimate of drug-likeness (QED) is 0.709. The molecule has 0 amide bonds. The molecule has 1 aromatic carbocycles. The van der Waals surface area contributed by atoms with Gasteiger partial charge in [0.05, 0.1) is 0 Å². The molecule has 0 spiro atoms. The van der Waals surface area contributed by atoms with Gasteiger partial charge in [-0.15, -0.1) is 0 Å². The Morgan fingerprint density at radius 2 is 1.70 bits per heavy atom. The molecule has 0 radical (unpaired) electrons. The molecule has 0 saturated heterocycles. The van der Waals surface area contributed by atoms with Crippen LogP contribution in [-0.2, 0) is 13.1 Å². The fraction of sp³-hybridized carbons (Fsp3) is 0.647. The molecule has 0 aliphatic heterocycles. The van der Waals surface area contributed by atoms with E-state index >= 15 is 0 Å². The highest BCUT2D eigenvalue weighted by Gasteiger charge is 2.07. The Kier molecular flexibility index (Phi) is 8.51. The Morgan fingerprint density at radius 1 is 1.00 bits per heavy atom. The normalized spacial score (nSPS) is 11.5. The first-order valence-electron chi connectivity index (χ1n) is 7.82. The highest BCUT2D eigenvalue weighted by Crippen LogP contribution is 2.12. The lowest BCUT2D eigenvalue weighted by atomic mass is 10.1. The van der Waals surface area contributed by atoms with Crippen molar-refractivity contribution in [2.45, 2.75) is 33.4 Å². The summed E-state index contributed by atoms with van der Waals surface area (Å²) in [7, 11) is 4.28. The van der Waals surface area contributed by atoms with E-state index in [4.69, 9.17) is 0 Å². The lowest BCUT2D eigenvalue weighted by molar-refractivity contribution is 0.258. The Balaban J connectivity index is 2.55. The third-order valence-electron chi connectivity index (χ3n) is 3.60. The summed E-state index contributed by atoms with van der Waals surface area (Å²) >= 11 is 0. The zero-order valence-corrected chi connectivity index (χ0v) is 13.7. The van der Waals surface area contributed by atoms with Gasteiger partial charge in [-0.05, 0) is 57.8 Å².